The SMILES string of the molecule is Cc1cc(C=Cc2ccc(Oc3cc(Cl)cc(Cl)c3)cc2)n2c1C(CCN)=C1C=CC=[N+]1[B-]2F. The van der Waals surface area contributed by atoms with Gasteiger partial charge < -0.3 is 23.8 Å². The van der Waals surface area contributed by atoms with E-state index in [1.165, 1.54) is 0 Å². The fraction of sp³-hybridized carbons (Fsp3) is 0.115. The quantitative estimate of drug-likeness (QED) is 0.394. The molecule has 0 saturated heterocycles. The maximum Gasteiger partial charge on any atom is 0.533 e. The van der Waals surface area contributed by atoms with Gasteiger partial charge in [-0.1, -0.05) is 41.4 Å². The van der Waals surface area contributed by atoms with Crippen molar-refractivity contribution in [3.8, 4) is 11.5 Å². The Morgan fingerprint density at radius 2 is 1.79 bits per heavy atom. The van der Waals surface area contributed by atoms with Crippen LogP contribution in [0.3, 0.4) is 0 Å². The third-order valence-corrected chi connectivity index (χ3v) is 6.30. The smallest absolute Gasteiger partial charge is 0.457 e. The topological polar surface area (TPSA) is 43.2 Å². The molecule has 0 saturated carbocycles. The van der Waals surface area contributed by atoms with Crippen LogP contribution in [-0.2, 0) is 0 Å². The molecule has 0 aliphatic carbocycles. The molecule has 4 nitrogen and oxygen atoms in total. The lowest BCUT2D eigenvalue weighted by Gasteiger charge is -2.30. The molecular formula is C26H22BCl2FN3O. The summed E-state index contributed by atoms with van der Waals surface area (Å²) in [4.78, 5) is 0. The molecule has 3 aromatic rings. The zero-order valence-electron chi connectivity index (χ0n) is 18.5. The van der Waals surface area contributed by atoms with Crippen molar-refractivity contribution in [3.63, 3.8) is 0 Å². The van der Waals surface area contributed by atoms with E-state index in [2.05, 4.69) is 0 Å². The van der Waals surface area contributed by atoms with Crippen molar-refractivity contribution in [1.82, 2.24) is 4.48 Å². The van der Waals surface area contributed by atoms with Crippen molar-refractivity contribution in [3.05, 3.63) is 98.9 Å². The second kappa shape index (κ2) is 9.30. The number of ether oxygens (including phenoxy) is 1. The predicted octanol–water partition coefficient (Wildman–Crippen LogP) is 6.60. The van der Waals surface area contributed by atoms with Gasteiger partial charge in [-0.2, -0.15) is 0 Å². The Morgan fingerprint density at radius 3 is 2.50 bits per heavy atom. The number of nitrogens with two attached hydrogens (primary N) is 1. The van der Waals surface area contributed by atoms with Crippen molar-refractivity contribution < 1.29 is 13.5 Å². The summed E-state index contributed by atoms with van der Waals surface area (Å²) < 4.78 is 24.8. The second-order valence-corrected chi connectivity index (χ2v) is 9.08. The van der Waals surface area contributed by atoms with Gasteiger partial charge in [-0.05, 0) is 73.5 Å². The minimum Gasteiger partial charge on any atom is -0.457 e. The van der Waals surface area contributed by atoms with E-state index in [0.717, 1.165) is 33.8 Å². The number of benzene rings is 2. The van der Waals surface area contributed by atoms with Gasteiger partial charge in [0.25, 0.3) is 0 Å². The van der Waals surface area contributed by atoms with Crippen LogP contribution in [0.25, 0.3) is 17.7 Å². The first-order valence-electron chi connectivity index (χ1n) is 11.0. The number of nitrogens with zero attached hydrogens (tertiary/aromatic N) is 2. The van der Waals surface area contributed by atoms with Crippen molar-refractivity contribution in [1.29, 1.82) is 0 Å². The molecule has 34 heavy (non-hydrogen) atoms. The molecular weight excluding hydrogens is 471 g/mol. The molecule has 5 rings (SSSR count). The summed E-state index contributed by atoms with van der Waals surface area (Å²) >= 11 is 12.1. The van der Waals surface area contributed by atoms with Gasteiger partial charge >= 0.3 is 7.26 Å². The molecule has 0 amide bonds. The van der Waals surface area contributed by atoms with E-state index >= 15 is 4.32 Å². The third kappa shape index (κ3) is 4.25. The van der Waals surface area contributed by atoms with Crippen LogP contribution in [0.15, 0.2) is 66.4 Å². The highest BCUT2D eigenvalue weighted by molar-refractivity contribution is 6.43. The molecule has 171 valence electrons. The van der Waals surface area contributed by atoms with E-state index in [-0.39, 0.29) is 0 Å². The molecule has 0 unspecified atom stereocenters. The van der Waals surface area contributed by atoms with E-state index in [0.29, 0.717) is 34.5 Å². The lowest BCUT2D eigenvalue weighted by molar-refractivity contribution is -0.329. The van der Waals surface area contributed by atoms with Gasteiger partial charge in [-0.25, -0.2) is 0 Å². The molecule has 8 heteroatoms. The summed E-state index contributed by atoms with van der Waals surface area (Å²) in [6, 6.07) is 14.7. The first-order valence-corrected chi connectivity index (χ1v) is 11.7. The summed E-state index contributed by atoms with van der Waals surface area (Å²) in [6.07, 6.45) is 10.2. The molecule has 0 spiro atoms. The zero-order chi connectivity index (χ0) is 23.8. The fourth-order valence-corrected chi connectivity index (χ4v) is 4.95. The van der Waals surface area contributed by atoms with Crippen LogP contribution in [0.4, 0.5) is 4.32 Å². The summed E-state index contributed by atoms with van der Waals surface area (Å²) in [6.45, 7) is 2.52. The average molecular weight is 493 g/mol. The third-order valence-electron chi connectivity index (χ3n) is 5.87. The number of aromatic nitrogens is 1. The Labute approximate surface area is 208 Å². The average Bonchev–Trinajstić information content (AvgIpc) is 3.41. The minimum absolute atomic E-state index is 0.503. The summed E-state index contributed by atoms with van der Waals surface area (Å²) in [5.41, 5.74) is 11.5. The van der Waals surface area contributed by atoms with Crippen LogP contribution in [0, 0.1) is 6.92 Å². The minimum atomic E-state index is -1.31. The highest BCUT2D eigenvalue weighted by Gasteiger charge is 2.34. The van der Waals surface area contributed by atoms with Crippen LogP contribution in [0.2, 0.25) is 10.0 Å². The van der Waals surface area contributed by atoms with E-state index < -0.39 is 7.26 Å². The molecule has 0 atom stereocenters. The highest BCUT2D eigenvalue weighted by Crippen LogP contribution is 2.36. The Kier molecular flexibility index (Phi) is 6.21. The molecule has 2 N–H and O–H groups in total. The van der Waals surface area contributed by atoms with Crippen LogP contribution in [0.1, 0.15) is 28.9 Å². The van der Waals surface area contributed by atoms with E-state index in [9.17, 15) is 0 Å². The maximum atomic E-state index is 15.5. The highest BCUT2D eigenvalue weighted by atomic mass is 35.5. The van der Waals surface area contributed by atoms with Crippen LogP contribution < -0.4 is 10.5 Å². The molecule has 1 aromatic heterocycles. The van der Waals surface area contributed by atoms with Gasteiger partial charge in [0.2, 0.25) is 0 Å². The van der Waals surface area contributed by atoms with E-state index in [1.54, 1.807) is 33.4 Å². The largest absolute Gasteiger partial charge is 0.533 e. The fourth-order valence-electron chi connectivity index (χ4n) is 4.44. The van der Waals surface area contributed by atoms with Crippen molar-refractivity contribution in [2.75, 3.05) is 6.54 Å². The van der Waals surface area contributed by atoms with Gasteiger partial charge in [0.05, 0.1) is 0 Å². The normalized spacial score (nSPS) is 15.1. The molecule has 2 aromatic carbocycles. The van der Waals surface area contributed by atoms with Gasteiger partial charge in [0.1, 0.15) is 17.7 Å². The van der Waals surface area contributed by atoms with Crippen molar-refractivity contribution in [2.45, 2.75) is 13.3 Å². The Balaban J connectivity index is 1.41. The molecule has 1 radical (unpaired) electrons. The summed E-state index contributed by atoms with van der Waals surface area (Å²) in [5, 5.41) is 1.02. The monoisotopic (exact) mass is 492 g/mol. The second-order valence-electron chi connectivity index (χ2n) is 8.21. The van der Waals surface area contributed by atoms with Crippen LogP contribution in [0.5, 0.6) is 11.5 Å². The lowest BCUT2D eigenvalue weighted by atomic mass is 9.91. The Bertz CT molecular complexity index is 1370. The van der Waals surface area contributed by atoms with Gasteiger partial charge in [0.15, 0.2) is 5.70 Å². The number of hydrogen-bond acceptors (Lipinski definition) is 2. The van der Waals surface area contributed by atoms with Gasteiger partial charge in [-0.3, -0.25) is 0 Å². The van der Waals surface area contributed by atoms with Gasteiger partial charge in [-0.15, -0.1) is 0 Å². The Morgan fingerprint density at radius 1 is 1.06 bits per heavy atom. The molecule has 0 bridgehead atoms. The first kappa shape index (κ1) is 22.7. The predicted molar refractivity (Wildman–Crippen MR) is 139 cm³/mol. The first-order chi connectivity index (χ1) is 16.4. The number of halogens is 3. The molecule has 3 heterocycles. The Hall–Kier alpha value is -3.06. The molecule has 2 aliphatic heterocycles. The van der Waals surface area contributed by atoms with Crippen LogP contribution >= 0.6 is 23.2 Å². The maximum absolute atomic E-state index is 15.5. The van der Waals surface area contributed by atoms with E-state index in [1.807, 2.05) is 61.6 Å². The lowest BCUT2D eigenvalue weighted by Crippen LogP contribution is -2.39. The van der Waals surface area contributed by atoms with E-state index in [4.69, 9.17) is 33.7 Å². The molecule has 0 fully saturated rings. The van der Waals surface area contributed by atoms with Crippen LogP contribution in [-0.4, -0.2) is 29.0 Å². The number of rotatable bonds is 6. The summed E-state index contributed by atoms with van der Waals surface area (Å²) in [7, 11) is -1.31. The number of allylic oxidation sites excluding steroid dienone is 2. The number of aryl methyl sites for hydroxylation is 1. The summed E-state index contributed by atoms with van der Waals surface area (Å²) in [5.74, 6) is 1.23. The number of hydrogen-bond donors (Lipinski definition) is 1. The van der Waals surface area contributed by atoms with Crippen molar-refractivity contribution in [2.24, 2.45) is 5.73 Å². The zero-order valence-corrected chi connectivity index (χ0v) is 20.0. The van der Waals surface area contributed by atoms with Gasteiger partial charge in [0, 0.05) is 39.2 Å². The van der Waals surface area contributed by atoms with Crippen molar-refractivity contribution >= 4 is 54.4 Å². The standard InChI is InChI=1S/C26H22BCl2FN3O/c1-17-13-21(33-26(17)24(10-11-31)25-3-2-12-32(25)27(33)30)7-4-18-5-8-22(9-6-18)34-23-15-19(28)14-20(29)16-23/h2-9,12-16H,10-11,31H2,1H3. The molecule has 2 aliphatic rings. The number of fused-ring (bicyclic) bond motifs is 2.